The van der Waals surface area contributed by atoms with E-state index in [-0.39, 0.29) is 18.1 Å². The van der Waals surface area contributed by atoms with Gasteiger partial charge in [-0.1, -0.05) is 24.3 Å². The fourth-order valence-electron chi connectivity index (χ4n) is 3.60. The normalized spacial score (nSPS) is 20.8. The maximum Gasteiger partial charge on any atom is 0.252 e. The number of fused-ring (bicyclic) bond motifs is 1. The molecule has 2 aromatic carbocycles. The van der Waals surface area contributed by atoms with Crippen LogP contribution in [0.3, 0.4) is 0 Å². The number of likely N-dealkylation sites (N-methyl/N-ethyl adjacent to an activating group) is 1. The summed E-state index contributed by atoms with van der Waals surface area (Å²) < 4.78 is 5.80. The van der Waals surface area contributed by atoms with Gasteiger partial charge in [0.2, 0.25) is 0 Å². The van der Waals surface area contributed by atoms with Crippen molar-refractivity contribution < 1.29 is 9.53 Å². The largest absolute Gasteiger partial charge is 0.377 e. The van der Waals surface area contributed by atoms with Crippen molar-refractivity contribution in [3.63, 3.8) is 0 Å². The van der Waals surface area contributed by atoms with Crippen molar-refractivity contribution >= 4 is 22.4 Å². The van der Waals surface area contributed by atoms with Gasteiger partial charge in [0.15, 0.2) is 0 Å². The van der Waals surface area contributed by atoms with Crippen molar-refractivity contribution in [3.05, 3.63) is 42.0 Å². The first kappa shape index (κ1) is 17.7. The Morgan fingerprint density at radius 3 is 2.60 bits per heavy atom. The number of nitrogens with zero attached hydrogens (tertiary/aromatic N) is 2. The third-order valence-corrected chi connectivity index (χ3v) is 4.77. The summed E-state index contributed by atoms with van der Waals surface area (Å²) in [6, 6.07) is 12.0. The highest BCUT2D eigenvalue weighted by Gasteiger charge is 2.32. The molecule has 0 radical (unpaired) electrons. The van der Waals surface area contributed by atoms with Gasteiger partial charge < -0.3 is 19.9 Å². The summed E-state index contributed by atoms with van der Waals surface area (Å²) in [5, 5.41) is 5.25. The lowest BCUT2D eigenvalue weighted by atomic mass is 10.0. The van der Waals surface area contributed by atoms with Crippen molar-refractivity contribution in [2.24, 2.45) is 0 Å². The standard InChI is InChI=1S/C20H27N3O2/c1-5-25-19-13-23(4)12-17(19)21-20(24)16-10-11-18(22(2)3)15-9-7-6-8-14(15)16/h6-11,17,19H,5,12-13H2,1-4H3,(H,21,24)/t17-,19-/m0/s1. The minimum atomic E-state index is -0.0356. The minimum Gasteiger partial charge on any atom is -0.377 e. The molecular weight excluding hydrogens is 314 g/mol. The van der Waals surface area contributed by atoms with Crippen LogP contribution in [0.1, 0.15) is 17.3 Å². The Morgan fingerprint density at radius 1 is 1.20 bits per heavy atom. The fraction of sp³-hybridized carbons (Fsp3) is 0.450. The Bertz CT molecular complexity index is 760. The summed E-state index contributed by atoms with van der Waals surface area (Å²) in [5.41, 5.74) is 1.82. The number of benzene rings is 2. The van der Waals surface area contributed by atoms with Gasteiger partial charge in [0, 0.05) is 50.4 Å². The van der Waals surface area contributed by atoms with Crippen LogP contribution in [0.5, 0.6) is 0 Å². The van der Waals surface area contributed by atoms with Crippen LogP contribution in [-0.4, -0.2) is 63.8 Å². The van der Waals surface area contributed by atoms with Crippen LogP contribution in [0.15, 0.2) is 36.4 Å². The van der Waals surface area contributed by atoms with Crippen molar-refractivity contribution in [1.29, 1.82) is 0 Å². The average Bonchev–Trinajstić information content (AvgIpc) is 2.93. The van der Waals surface area contributed by atoms with Crippen LogP contribution in [0.2, 0.25) is 0 Å². The molecule has 1 aliphatic heterocycles. The zero-order valence-electron chi connectivity index (χ0n) is 15.5. The van der Waals surface area contributed by atoms with E-state index in [0.29, 0.717) is 12.2 Å². The molecule has 1 N–H and O–H groups in total. The molecule has 5 nitrogen and oxygen atoms in total. The fourth-order valence-corrected chi connectivity index (χ4v) is 3.60. The van der Waals surface area contributed by atoms with E-state index >= 15 is 0 Å². The number of ether oxygens (including phenoxy) is 1. The number of hydrogen-bond acceptors (Lipinski definition) is 4. The van der Waals surface area contributed by atoms with E-state index in [9.17, 15) is 4.79 Å². The van der Waals surface area contributed by atoms with Gasteiger partial charge in [-0.05, 0) is 31.5 Å². The smallest absolute Gasteiger partial charge is 0.252 e. The van der Waals surface area contributed by atoms with Crippen molar-refractivity contribution in [1.82, 2.24) is 10.2 Å². The quantitative estimate of drug-likeness (QED) is 0.907. The molecular formula is C20H27N3O2. The number of amides is 1. The molecule has 1 aliphatic rings. The lowest BCUT2D eigenvalue weighted by molar-refractivity contribution is 0.0513. The number of carbonyl (C=O) groups is 1. The third kappa shape index (κ3) is 3.62. The van der Waals surface area contributed by atoms with Gasteiger partial charge in [-0.3, -0.25) is 4.79 Å². The third-order valence-electron chi connectivity index (χ3n) is 4.77. The lowest BCUT2D eigenvalue weighted by Gasteiger charge is -2.21. The Kier molecular flexibility index (Phi) is 5.25. The molecule has 2 atom stereocenters. The van der Waals surface area contributed by atoms with Crippen LogP contribution in [0.4, 0.5) is 5.69 Å². The number of carbonyl (C=O) groups excluding carboxylic acids is 1. The van der Waals surface area contributed by atoms with E-state index in [4.69, 9.17) is 4.74 Å². The molecule has 0 bridgehead atoms. The Hall–Kier alpha value is -2.11. The maximum atomic E-state index is 13.0. The first-order valence-electron chi connectivity index (χ1n) is 8.81. The number of hydrogen-bond donors (Lipinski definition) is 1. The second-order valence-electron chi connectivity index (χ2n) is 6.87. The van der Waals surface area contributed by atoms with Crippen LogP contribution in [0.25, 0.3) is 10.8 Å². The van der Waals surface area contributed by atoms with Crippen molar-refractivity contribution in [2.75, 3.05) is 45.7 Å². The highest BCUT2D eigenvalue weighted by atomic mass is 16.5. The average molecular weight is 341 g/mol. The summed E-state index contributed by atoms with van der Waals surface area (Å²) in [6.45, 7) is 4.30. The summed E-state index contributed by atoms with van der Waals surface area (Å²) in [4.78, 5) is 17.2. The Morgan fingerprint density at radius 2 is 1.92 bits per heavy atom. The second kappa shape index (κ2) is 7.42. The lowest BCUT2D eigenvalue weighted by Crippen LogP contribution is -2.44. The zero-order valence-corrected chi connectivity index (χ0v) is 15.5. The van der Waals surface area contributed by atoms with Crippen LogP contribution >= 0.6 is 0 Å². The van der Waals surface area contributed by atoms with Gasteiger partial charge in [0.1, 0.15) is 0 Å². The molecule has 1 amide bonds. The summed E-state index contributed by atoms with van der Waals surface area (Å²) in [7, 11) is 6.09. The maximum absolute atomic E-state index is 13.0. The molecule has 25 heavy (non-hydrogen) atoms. The van der Waals surface area contributed by atoms with E-state index in [0.717, 1.165) is 29.5 Å². The summed E-state index contributed by atoms with van der Waals surface area (Å²) in [6.07, 6.45) is 0.0475. The molecule has 0 saturated carbocycles. The number of anilines is 1. The molecule has 1 fully saturated rings. The van der Waals surface area contributed by atoms with Gasteiger partial charge in [-0.15, -0.1) is 0 Å². The molecule has 1 saturated heterocycles. The second-order valence-corrected chi connectivity index (χ2v) is 6.87. The Balaban J connectivity index is 1.89. The van der Waals surface area contributed by atoms with E-state index < -0.39 is 0 Å². The summed E-state index contributed by atoms with van der Waals surface area (Å²) >= 11 is 0. The molecule has 134 valence electrons. The molecule has 5 heteroatoms. The monoisotopic (exact) mass is 341 g/mol. The first-order valence-corrected chi connectivity index (χ1v) is 8.81. The molecule has 3 rings (SSSR count). The van der Waals surface area contributed by atoms with Crippen molar-refractivity contribution in [3.8, 4) is 0 Å². The van der Waals surface area contributed by atoms with E-state index in [2.05, 4.69) is 28.2 Å². The predicted octanol–water partition coefficient (Wildman–Crippen LogP) is 2.35. The van der Waals surface area contributed by atoms with Crippen LogP contribution in [0, 0.1) is 0 Å². The van der Waals surface area contributed by atoms with Crippen LogP contribution in [-0.2, 0) is 4.74 Å². The SMILES string of the molecule is CCO[C@H]1CN(C)C[C@@H]1NC(=O)c1ccc(N(C)C)c2ccccc12. The number of likely N-dealkylation sites (tertiary alicyclic amines) is 1. The van der Waals surface area contributed by atoms with Crippen molar-refractivity contribution in [2.45, 2.75) is 19.1 Å². The first-order chi connectivity index (χ1) is 12.0. The van der Waals surface area contributed by atoms with Gasteiger partial charge in [-0.25, -0.2) is 0 Å². The predicted molar refractivity (Wildman–Crippen MR) is 102 cm³/mol. The van der Waals surface area contributed by atoms with Gasteiger partial charge >= 0.3 is 0 Å². The number of rotatable bonds is 5. The highest BCUT2D eigenvalue weighted by Crippen LogP contribution is 2.28. The van der Waals surface area contributed by atoms with Gasteiger partial charge in [-0.2, -0.15) is 0 Å². The molecule has 0 unspecified atom stereocenters. The summed E-state index contributed by atoms with van der Waals surface area (Å²) in [5.74, 6) is -0.0356. The van der Waals surface area contributed by atoms with E-state index in [1.807, 2.05) is 51.4 Å². The van der Waals surface area contributed by atoms with Gasteiger partial charge in [0.25, 0.3) is 5.91 Å². The zero-order chi connectivity index (χ0) is 18.0. The topological polar surface area (TPSA) is 44.8 Å². The molecule has 0 aliphatic carbocycles. The highest BCUT2D eigenvalue weighted by molar-refractivity contribution is 6.10. The van der Waals surface area contributed by atoms with Gasteiger partial charge in [0.05, 0.1) is 12.1 Å². The Labute approximate surface area is 149 Å². The minimum absolute atomic E-state index is 0.0183. The molecule has 1 heterocycles. The molecule has 2 aromatic rings. The van der Waals surface area contributed by atoms with E-state index in [1.165, 1.54) is 0 Å². The van der Waals surface area contributed by atoms with Crippen LogP contribution < -0.4 is 10.2 Å². The molecule has 0 aromatic heterocycles. The molecule has 0 spiro atoms. The number of nitrogens with one attached hydrogen (secondary N) is 1. The van der Waals surface area contributed by atoms with E-state index in [1.54, 1.807) is 0 Å².